The number of carboxylic acid groups (broad SMARTS) is 1. The van der Waals surface area contributed by atoms with Gasteiger partial charge >= 0.3 is 5.97 Å². The Labute approximate surface area is 94.3 Å². The topological polar surface area (TPSA) is 72.5 Å². The molecule has 0 spiro atoms. The molecular formula is C12H15NO3. The fraction of sp³-hybridized carbons (Fsp3) is 0.250. The fourth-order valence-electron chi connectivity index (χ4n) is 1.22. The van der Waals surface area contributed by atoms with Gasteiger partial charge in [-0.2, -0.15) is 0 Å². The summed E-state index contributed by atoms with van der Waals surface area (Å²) < 4.78 is 5.30. The summed E-state index contributed by atoms with van der Waals surface area (Å²) in [6.45, 7) is 4.00. The SMILES string of the molecule is C=CCOc1ccc(CC(N)C(=O)O)cc1. The first-order chi connectivity index (χ1) is 7.63. The number of hydrogen-bond donors (Lipinski definition) is 2. The number of nitrogens with two attached hydrogens (primary N) is 1. The molecule has 0 saturated heterocycles. The average molecular weight is 221 g/mol. The molecule has 0 aromatic heterocycles. The lowest BCUT2D eigenvalue weighted by Gasteiger charge is -2.07. The van der Waals surface area contributed by atoms with Crippen molar-refractivity contribution in [3.63, 3.8) is 0 Å². The van der Waals surface area contributed by atoms with Gasteiger partial charge in [0, 0.05) is 0 Å². The minimum atomic E-state index is -0.994. The minimum Gasteiger partial charge on any atom is -0.490 e. The molecule has 1 rings (SSSR count). The van der Waals surface area contributed by atoms with Crippen molar-refractivity contribution in [3.8, 4) is 5.75 Å². The van der Waals surface area contributed by atoms with E-state index in [0.29, 0.717) is 13.0 Å². The lowest BCUT2D eigenvalue weighted by atomic mass is 10.1. The second-order valence-corrected chi connectivity index (χ2v) is 3.39. The van der Waals surface area contributed by atoms with Crippen LogP contribution in [0, 0.1) is 0 Å². The number of carboxylic acids is 1. The Morgan fingerprint density at radius 1 is 1.50 bits per heavy atom. The lowest BCUT2D eigenvalue weighted by Crippen LogP contribution is -2.32. The lowest BCUT2D eigenvalue weighted by molar-refractivity contribution is -0.138. The summed E-state index contributed by atoms with van der Waals surface area (Å²) in [6.07, 6.45) is 1.98. The molecule has 1 aromatic carbocycles. The zero-order valence-corrected chi connectivity index (χ0v) is 8.93. The first-order valence-corrected chi connectivity index (χ1v) is 4.94. The van der Waals surface area contributed by atoms with E-state index in [9.17, 15) is 4.79 Å². The van der Waals surface area contributed by atoms with Crippen molar-refractivity contribution in [1.82, 2.24) is 0 Å². The maximum atomic E-state index is 10.6. The van der Waals surface area contributed by atoms with Gasteiger partial charge in [0.25, 0.3) is 0 Å². The molecule has 0 bridgehead atoms. The molecule has 4 heteroatoms. The highest BCUT2D eigenvalue weighted by Crippen LogP contribution is 2.13. The van der Waals surface area contributed by atoms with Gasteiger partial charge in [-0.25, -0.2) is 0 Å². The van der Waals surface area contributed by atoms with Gasteiger partial charge in [0.1, 0.15) is 18.4 Å². The summed E-state index contributed by atoms with van der Waals surface area (Å²) in [6, 6.07) is 6.32. The van der Waals surface area contributed by atoms with Gasteiger partial charge in [-0.15, -0.1) is 0 Å². The molecule has 1 unspecified atom stereocenters. The van der Waals surface area contributed by atoms with E-state index in [1.165, 1.54) is 0 Å². The van der Waals surface area contributed by atoms with Crippen LogP contribution in [0.1, 0.15) is 5.56 Å². The summed E-state index contributed by atoms with van der Waals surface area (Å²) in [5.74, 6) is -0.264. The van der Waals surface area contributed by atoms with E-state index >= 15 is 0 Å². The Kier molecular flexibility index (Phi) is 4.54. The van der Waals surface area contributed by atoms with Crippen LogP contribution in [0.3, 0.4) is 0 Å². The van der Waals surface area contributed by atoms with Crippen molar-refractivity contribution in [1.29, 1.82) is 0 Å². The minimum absolute atomic E-state index is 0.317. The Morgan fingerprint density at radius 3 is 2.62 bits per heavy atom. The summed E-state index contributed by atoms with van der Waals surface area (Å²) in [7, 11) is 0. The van der Waals surface area contributed by atoms with Gasteiger partial charge in [-0.1, -0.05) is 24.8 Å². The molecule has 0 aliphatic carbocycles. The van der Waals surface area contributed by atoms with E-state index in [-0.39, 0.29) is 0 Å². The number of ether oxygens (including phenoxy) is 1. The first kappa shape index (κ1) is 12.3. The Hall–Kier alpha value is -1.81. The van der Waals surface area contributed by atoms with E-state index in [2.05, 4.69) is 6.58 Å². The van der Waals surface area contributed by atoms with Crippen molar-refractivity contribution >= 4 is 5.97 Å². The fourth-order valence-corrected chi connectivity index (χ4v) is 1.22. The third-order valence-electron chi connectivity index (χ3n) is 2.06. The van der Waals surface area contributed by atoms with Crippen molar-refractivity contribution < 1.29 is 14.6 Å². The van der Waals surface area contributed by atoms with Gasteiger partial charge in [0.2, 0.25) is 0 Å². The van der Waals surface area contributed by atoms with Crippen molar-refractivity contribution in [2.75, 3.05) is 6.61 Å². The molecule has 4 nitrogen and oxygen atoms in total. The summed E-state index contributed by atoms with van der Waals surface area (Å²) >= 11 is 0. The van der Waals surface area contributed by atoms with Crippen LogP contribution in [0.15, 0.2) is 36.9 Å². The molecule has 0 amide bonds. The molecule has 0 saturated carbocycles. The second kappa shape index (κ2) is 5.92. The van der Waals surface area contributed by atoms with E-state index < -0.39 is 12.0 Å². The van der Waals surface area contributed by atoms with E-state index in [0.717, 1.165) is 11.3 Å². The predicted molar refractivity (Wildman–Crippen MR) is 61.4 cm³/mol. The Balaban J connectivity index is 2.57. The molecule has 0 aliphatic rings. The van der Waals surface area contributed by atoms with Crippen LogP contribution in [0.4, 0.5) is 0 Å². The van der Waals surface area contributed by atoms with Gasteiger partial charge in [-0.05, 0) is 24.1 Å². The normalized spacial score (nSPS) is 11.8. The van der Waals surface area contributed by atoms with E-state index in [4.69, 9.17) is 15.6 Å². The molecular weight excluding hydrogens is 206 g/mol. The molecule has 16 heavy (non-hydrogen) atoms. The highest BCUT2D eigenvalue weighted by Gasteiger charge is 2.11. The highest BCUT2D eigenvalue weighted by atomic mass is 16.5. The van der Waals surface area contributed by atoms with Crippen molar-refractivity contribution in [2.24, 2.45) is 5.73 Å². The Morgan fingerprint density at radius 2 is 2.12 bits per heavy atom. The average Bonchev–Trinajstić information content (AvgIpc) is 2.28. The number of hydrogen-bond acceptors (Lipinski definition) is 3. The number of benzene rings is 1. The molecule has 0 fully saturated rings. The number of carbonyl (C=O) groups is 1. The van der Waals surface area contributed by atoms with Crippen molar-refractivity contribution in [2.45, 2.75) is 12.5 Å². The van der Waals surface area contributed by atoms with Crippen LogP contribution in [-0.2, 0) is 11.2 Å². The first-order valence-electron chi connectivity index (χ1n) is 4.94. The maximum absolute atomic E-state index is 10.6. The smallest absolute Gasteiger partial charge is 0.320 e. The van der Waals surface area contributed by atoms with Crippen LogP contribution >= 0.6 is 0 Å². The van der Waals surface area contributed by atoms with Gasteiger partial charge in [0.15, 0.2) is 0 Å². The molecule has 1 atom stereocenters. The van der Waals surface area contributed by atoms with Crippen LogP contribution in [0.25, 0.3) is 0 Å². The predicted octanol–water partition coefficient (Wildman–Crippen LogP) is 1.21. The molecule has 3 N–H and O–H groups in total. The van der Waals surface area contributed by atoms with Gasteiger partial charge in [0.05, 0.1) is 0 Å². The quantitative estimate of drug-likeness (QED) is 0.708. The van der Waals surface area contributed by atoms with Crippen molar-refractivity contribution in [3.05, 3.63) is 42.5 Å². The largest absolute Gasteiger partial charge is 0.490 e. The van der Waals surface area contributed by atoms with Gasteiger partial charge < -0.3 is 15.6 Å². The molecule has 86 valence electrons. The molecule has 0 heterocycles. The number of rotatable bonds is 6. The monoisotopic (exact) mass is 221 g/mol. The third kappa shape index (κ3) is 3.74. The zero-order chi connectivity index (χ0) is 12.0. The third-order valence-corrected chi connectivity index (χ3v) is 2.06. The highest BCUT2D eigenvalue weighted by molar-refractivity contribution is 5.73. The van der Waals surface area contributed by atoms with Crippen LogP contribution < -0.4 is 10.5 Å². The van der Waals surface area contributed by atoms with Crippen LogP contribution in [-0.4, -0.2) is 23.7 Å². The summed E-state index contributed by atoms with van der Waals surface area (Å²) in [5, 5.41) is 8.65. The molecule has 0 radical (unpaired) electrons. The second-order valence-electron chi connectivity index (χ2n) is 3.39. The standard InChI is InChI=1S/C12H15NO3/c1-2-7-16-10-5-3-9(4-6-10)8-11(13)12(14)15/h2-6,11H,1,7-8,13H2,(H,14,15). The van der Waals surface area contributed by atoms with E-state index in [1.54, 1.807) is 30.3 Å². The van der Waals surface area contributed by atoms with Gasteiger partial charge in [-0.3, -0.25) is 4.79 Å². The Bertz CT molecular complexity index is 359. The van der Waals surface area contributed by atoms with Crippen LogP contribution in [0.5, 0.6) is 5.75 Å². The number of aliphatic carboxylic acids is 1. The van der Waals surface area contributed by atoms with Crippen LogP contribution in [0.2, 0.25) is 0 Å². The maximum Gasteiger partial charge on any atom is 0.320 e. The molecule has 0 aliphatic heterocycles. The van der Waals surface area contributed by atoms with E-state index in [1.807, 2.05) is 0 Å². The molecule has 1 aromatic rings. The zero-order valence-electron chi connectivity index (χ0n) is 8.93. The summed E-state index contributed by atoms with van der Waals surface area (Å²) in [5.41, 5.74) is 6.30. The summed E-state index contributed by atoms with van der Waals surface area (Å²) in [4.78, 5) is 10.6.